The fourth-order valence-electron chi connectivity index (χ4n) is 1.01. The number of hydrogen-bond donors (Lipinski definition) is 0. The van der Waals surface area contributed by atoms with Crippen LogP contribution >= 0.6 is 0 Å². The molecule has 2 fully saturated rings. The van der Waals surface area contributed by atoms with Crippen molar-refractivity contribution in [2.45, 2.75) is 46.6 Å². The van der Waals surface area contributed by atoms with Crippen LogP contribution in [0.5, 0.6) is 0 Å². The summed E-state index contributed by atoms with van der Waals surface area (Å²) in [6.45, 7) is 11.3. The summed E-state index contributed by atoms with van der Waals surface area (Å²) in [7, 11) is 0. The van der Waals surface area contributed by atoms with Gasteiger partial charge in [0.1, 0.15) is 0 Å². The molecule has 0 spiro atoms. The van der Waals surface area contributed by atoms with E-state index in [1.165, 1.54) is 12.8 Å². The van der Waals surface area contributed by atoms with Crippen molar-refractivity contribution in [3.63, 3.8) is 0 Å². The average molecular weight is 188 g/mol. The minimum absolute atomic E-state index is 0.565. The molecule has 2 heterocycles. The lowest BCUT2D eigenvalue weighted by atomic mass is 10.2. The van der Waals surface area contributed by atoms with Gasteiger partial charge in [0.25, 0.3) is 0 Å². The summed E-state index contributed by atoms with van der Waals surface area (Å²) in [5, 5.41) is 0. The molecular formula is C11H24O2. The van der Waals surface area contributed by atoms with Gasteiger partial charge in [-0.2, -0.15) is 0 Å². The highest BCUT2D eigenvalue weighted by Crippen LogP contribution is 2.09. The molecule has 0 saturated carbocycles. The third-order valence-corrected chi connectivity index (χ3v) is 2.08. The van der Waals surface area contributed by atoms with Crippen LogP contribution in [-0.2, 0) is 9.47 Å². The zero-order valence-electron chi connectivity index (χ0n) is 9.51. The Bertz CT molecular complexity index is 94.3. The lowest BCUT2D eigenvalue weighted by molar-refractivity contribution is -0.0375. The van der Waals surface area contributed by atoms with Crippen LogP contribution in [0.4, 0.5) is 0 Å². The van der Waals surface area contributed by atoms with Crippen molar-refractivity contribution in [3.8, 4) is 0 Å². The van der Waals surface area contributed by atoms with Crippen LogP contribution in [-0.4, -0.2) is 25.9 Å². The molecule has 0 N–H and O–H groups in total. The van der Waals surface area contributed by atoms with Crippen LogP contribution in [0.1, 0.15) is 40.5 Å². The summed E-state index contributed by atoms with van der Waals surface area (Å²) in [4.78, 5) is 0. The Hall–Kier alpha value is -0.0800. The van der Waals surface area contributed by atoms with Gasteiger partial charge in [-0.3, -0.25) is 0 Å². The Morgan fingerprint density at radius 3 is 1.62 bits per heavy atom. The fourth-order valence-corrected chi connectivity index (χ4v) is 1.01. The molecule has 0 radical (unpaired) electrons. The Morgan fingerprint density at radius 1 is 1.00 bits per heavy atom. The molecule has 0 amide bonds. The minimum atomic E-state index is 0.565. The van der Waals surface area contributed by atoms with Crippen LogP contribution < -0.4 is 0 Å². The lowest BCUT2D eigenvalue weighted by Gasteiger charge is -2.20. The topological polar surface area (TPSA) is 18.5 Å². The van der Waals surface area contributed by atoms with Crippen molar-refractivity contribution in [1.82, 2.24) is 0 Å². The maximum absolute atomic E-state index is 5.06. The lowest BCUT2D eigenvalue weighted by Crippen LogP contribution is -2.22. The predicted molar refractivity (Wildman–Crippen MR) is 56.0 cm³/mol. The largest absolute Gasteiger partial charge is 0.381 e. The Labute approximate surface area is 82.6 Å². The molecule has 2 saturated heterocycles. The van der Waals surface area contributed by atoms with Gasteiger partial charge in [-0.15, -0.1) is 0 Å². The first-order valence-electron chi connectivity index (χ1n) is 5.48. The van der Waals surface area contributed by atoms with E-state index >= 15 is 0 Å². The van der Waals surface area contributed by atoms with Gasteiger partial charge in [-0.25, -0.2) is 0 Å². The summed E-state index contributed by atoms with van der Waals surface area (Å²) < 4.78 is 9.99. The highest BCUT2D eigenvalue weighted by Gasteiger charge is 2.09. The molecule has 2 atom stereocenters. The smallest absolute Gasteiger partial charge is 0.0568 e. The number of hydrogen-bond acceptors (Lipinski definition) is 2. The van der Waals surface area contributed by atoms with Crippen molar-refractivity contribution < 1.29 is 9.47 Å². The van der Waals surface area contributed by atoms with E-state index < -0.39 is 0 Å². The zero-order valence-corrected chi connectivity index (χ0v) is 9.51. The molecule has 0 bridgehead atoms. The number of rotatable bonds is 0. The van der Waals surface area contributed by atoms with Crippen molar-refractivity contribution in [2.24, 2.45) is 5.92 Å². The third-order valence-electron chi connectivity index (χ3n) is 2.08. The standard InChI is InChI=1S/C5H10O.C4H8O.C2H6/c1-5-2-3-6-4-5;1-4-2-3-5-4;1-2/h5H,2-4H2,1H3;4H,2-3H2,1H3;1-2H3. The van der Waals surface area contributed by atoms with Crippen LogP contribution in [0.2, 0.25) is 0 Å². The van der Waals surface area contributed by atoms with E-state index in [0.29, 0.717) is 6.10 Å². The van der Waals surface area contributed by atoms with Crippen LogP contribution in [0.3, 0.4) is 0 Å². The summed E-state index contributed by atoms with van der Waals surface area (Å²) in [5.74, 6) is 0.824. The second kappa shape index (κ2) is 8.52. The predicted octanol–water partition coefficient (Wildman–Crippen LogP) is 2.86. The maximum atomic E-state index is 5.06. The van der Waals surface area contributed by atoms with Crippen LogP contribution in [0.25, 0.3) is 0 Å². The molecule has 0 aromatic rings. The SMILES string of the molecule is CC.CC1CCO1.CC1CCOC1. The van der Waals surface area contributed by atoms with E-state index in [0.717, 1.165) is 25.7 Å². The summed E-state index contributed by atoms with van der Waals surface area (Å²) in [6.07, 6.45) is 3.09. The first-order valence-corrected chi connectivity index (χ1v) is 5.48. The van der Waals surface area contributed by atoms with Crippen molar-refractivity contribution in [3.05, 3.63) is 0 Å². The van der Waals surface area contributed by atoms with Gasteiger partial charge in [0.2, 0.25) is 0 Å². The normalized spacial score (nSPS) is 30.5. The Morgan fingerprint density at radius 2 is 1.54 bits per heavy atom. The van der Waals surface area contributed by atoms with E-state index in [1.807, 2.05) is 13.8 Å². The van der Waals surface area contributed by atoms with Gasteiger partial charge in [0.05, 0.1) is 6.10 Å². The first-order chi connectivity index (χ1) is 6.29. The molecule has 2 heteroatoms. The zero-order chi connectivity index (χ0) is 10.1. The van der Waals surface area contributed by atoms with E-state index in [9.17, 15) is 0 Å². The average Bonchev–Trinajstić information content (AvgIpc) is 2.57. The highest BCUT2D eigenvalue weighted by molar-refractivity contribution is 4.57. The highest BCUT2D eigenvalue weighted by atomic mass is 16.5. The van der Waals surface area contributed by atoms with Gasteiger partial charge in [-0.1, -0.05) is 20.8 Å². The summed E-state index contributed by atoms with van der Waals surface area (Å²) >= 11 is 0. The van der Waals surface area contributed by atoms with Gasteiger partial charge in [-0.05, 0) is 25.7 Å². The van der Waals surface area contributed by atoms with Gasteiger partial charge >= 0.3 is 0 Å². The summed E-state index contributed by atoms with van der Waals surface area (Å²) in [6, 6.07) is 0. The van der Waals surface area contributed by atoms with Gasteiger partial charge in [0.15, 0.2) is 0 Å². The molecule has 2 rings (SSSR count). The molecule has 2 aliphatic heterocycles. The van der Waals surface area contributed by atoms with E-state index in [2.05, 4.69) is 13.8 Å². The summed E-state index contributed by atoms with van der Waals surface area (Å²) in [5.41, 5.74) is 0. The third kappa shape index (κ3) is 7.03. The molecule has 0 aliphatic carbocycles. The van der Waals surface area contributed by atoms with Crippen LogP contribution in [0.15, 0.2) is 0 Å². The van der Waals surface area contributed by atoms with E-state index in [1.54, 1.807) is 0 Å². The molecule has 0 aromatic heterocycles. The van der Waals surface area contributed by atoms with Crippen LogP contribution in [0, 0.1) is 5.92 Å². The van der Waals surface area contributed by atoms with E-state index in [4.69, 9.17) is 9.47 Å². The van der Waals surface area contributed by atoms with Gasteiger partial charge in [0, 0.05) is 19.8 Å². The van der Waals surface area contributed by atoms with E-state index in [-0.39, 0.29) is 0 Å². The fraction of sp³-hybridized carbons (Fsp3) is 1.00. The second-order valence-corrected chi connectivity index (χ2v) is 3.44. The molecular weight excluding hydrogens is 164 g/mol. The molecule has 2 aliphatic rings. The Kier molecular flexibility index (Phi) is 8.46. The number of ether oxygens (including phenoxy) is 2. The van der Waals surface area contributed by atoms with Crippen molar-refractivity contribution in [1.29, 1.82) is 0 Å². The van der Waals surface area contributed by atoms with Crippen molar-refractivity contribution in [2.75, 3.05) is 19.8 Å². The molecule has 2 nitrogen and oxygen atoms in total. The maximum Gasteiger partial charge on any atom is 0.0568 e. The molecule has 80 valence electrons. The molecule has 13 heavy (non-hydrogen) atoms. The second-order valence-electron chi connectivity index (χ2n) is 3.44. The molecule has 2 unspecified atom stereocenters. The minimum Gasteiger partial charge on any atom is -0.381 e. The first kappa shape index (κ1) is 12.9. The Balaban J connectivity index is 0.000000189. The van der Waals surface area contributed by atoms with Crippen molar-refractivity contribution >= 4 is 0 Å². The van der Waals surface area contributed by atoms with Gasteiger partial charge < -0.3 is 9.47 Å². The monoisotopic (exact) mass is 188 g/mol. The quantitative estimate of drug-likeness (QED) is 0.582. The molecule has 0 aromatic carbocycles.